The van der Waals surface area contributed by atoms with Gasteiger partial charge in [0.25, 0.3) is 0 Å². The highest BCUT2D eigenvalue weighted by molar-refractivity contribution is 5.35. The molecule has 4 rings (SSSR count). The molecule has 31 heavy (non-hydrogen) atoms. The molecule has 3 heteroatoms. The van der Waals surface area contributed by atoms with Crippen LogP contribution in [-0.4, -0.2) is 28.2 Å². The number of nitrogens with zero attached hydrogens (tertiary/aromatic N) is 1. The van der Waals surface area contributed by atoms with Crippen LogP contribution in [0.4, 0.5) is 0 Å². The van der Waals surface area contributed by atoms with Crippen LogP contribution in [0.3, 0.4) is 0 Å². The maximum Gasteiger partial charge on any atom is 0.144 e. The first-order chi connectivity index (χ1) is 15.1. The van der Waals surface area contributed by atoms with Gasteiger partial charge >= 0.3 is 0 Å². The molecule has 0 saturated carbocycles. The molecule has 1 saturated heterocycles. The molecule has 0 spiro atoms. The molecule has 1 unspecified atom stereocenters. The van der Waals surface area contributed by atoms with Gasteiger partial charge in [-0.3, -0.25) is 4.90 Å². The van der Waals surface area contributed by atoms with Gasteiger partial charge in [-0.2, -0.15) is 0 Å². The molecule has 1 fully saturated rings. The Balaban J connectivity index is 1.59. The summed E-state index contributed by atoms with van der Waals surface area (Å²) >= 11 is 0. The first-order valence-corrected chi connectivity index (χ1v) is 11.5. The monoisotopic (exact) mass is 415 g/mol. The highest BCUT2D eigenvalue weighted by atomic mass is 16.3. The van der Waals surface area contributed by atoms with Crippen molar-refractivity contribution in [3.05, 3.63) is 108 Å². The molecule has 3 nitrogen and oxygen atoms in total. The van der Waals surface area contributed by atoms with Crippen LogP contribution in [0.2, 0.25) is 0 Å². The van der Waals surface area contributed by atoms with Crippen LogP contribution in [0.15, 0.2) is 91.0 Å². The average molecular weight is 416 g/mol. The third kappa shape index (κ3) is 4.74. The molecule has 162 valence electrons. The first-order valence-electron chi connectivity index (χ1n) is 11.5. The first kappa shape index (κ1) is 21.8. The zero-order valence-corrected chi connectivity index (χ0v) is 18.2. The van der Waals surface area contributed by atoms with Crippen molar-refractivity contribution in [3.63, 3.8) is 0 Å². The highest BCUT2D eigenvalue weighted by Crippen LogP contribution is 2.38. The lowest BCUT2D eigenvalue weighted by molar-refractivity contribution is -0.132. The highest BCUT2D eigenvalue weighted by Gasteiger charge is 2.38. The van der Waals surface area contributed by atoms with Crippen LogP contribution < -0.4 is 0 Å². The Hall–Kier alpha value is -2.46. The minimum absolute atomic E-state index is 0.546. The number of aliphatic hydroxyl groups is 2. The minimum atomic E-state index is -1.08. The lowest BCUT2D eigenvalue weighted by Crippen LogP contribution is -2.48. The standard InChI is InChI=1S/C28H33NO2/c30-27(24-14-5-1-6-15-24,25-16-7-2-8-17-25)20-13-21-28(31,26-18-9-3-10-19-26)29-22-11-4-12-23-29/h1-3,5-10,14-19,30-31H,4,11-13,20-23H2. The van der Waals surface area contributed by atoms with E-state index in [0.717, 1.165) is 42.6 Å². The van der Waals surface area contributed by atoms with Crippen molar-refractivity contribution in [2.45, 2.75) is 49.9 Å². The Kier molecular flexibility index (Phi) is 6.86. The van der Waals surface area contributed by atoms with E-state index in [0.29, 0.717) is 19.3 Å². The van der Waals surface area contributed by atoms with Crippen LogP contribution in [0.1, 0.15) is 55.2 Å². The topological polar surface area (TPSA) is 43.7 Å². The molecule has 3 aromatic carbocycles. The summed E-state index contributed by atoms with van der Waals surface area (Å²) in [6.45, 7) is 1.82. The second kappa shape index (κ2) is 9.78. The van der Waals surface area contributed by atoms with Crippen LogP contribution in [-0.2, 0) is 11.3 Å². The molecule has 0 aliphatic carbocycles. The second-order valence-electron chi connectivity index (χ2n) is 8.68. The summed E-state index contributed by atoms with van der Waals surface area (Å²) in [5.74, 6) is 0. The Labute approximate surface area is 186 Å². The van der Waals surface area contributed by atoms with Crippen LogP contribution >= 0.6 is 0 Å². The molecule has 3 aromatic rings. The minimum Gasteiger partial charge on any atom is -0.380 e. The van der Waals surface area contributed by atoms with Crippen molar-refractivity contribution in [3.8, 4) is 0 Å². The zero-order valence-electron chi connectivity index (χ0n) is 18.2. The quantitative estimate of drug-likeness (QED) is 0.516. The second-order valence-corrected chi connectivity index (χ2v) is 8.68. The molecule has 1 heterocycles. The molecule has 1 aliphatic rings. The Morgan fingerprint density at radius 1 is 0.581 bits per heavy atom. The predicted octanol–water partition coefficient (Wildman–Crippen LogP) is 5.42. The number of hydrogen-bond donors (Lipinski definition) is 2. The van der Waals surface area contributed by atoms with Crippen LogP contribution in [0, 0.1) is 0 Å². The van der Waals surface area contributed by atoms with Gasteiger partial charge in [-0.15, -0.1) is 0 Å². The van der Waals surface area contributed by atoms with Crippen LogP contribution in [0.5, 0.6) is 0 Å². The van der Waals surface area contributed by atoms with Gasteiger partial charge in [0.1, 0.15) is 11.3 Å². The smallest absolute Gasteiger partial charge is 0.144 e. The SMILES string of the molecule is OC(CCCC(O)(c1ccccc1)N1CCCCC1)(c1ccccc1)c1ccccc1. The summed E-state index contributed by atoms with van der Waals surface area (Å²) in [7, 11) is 0. The van der Waals surface area contributed by atoms with Crippen LogP contribution in [0.25, 0.3) is 0 Å². The summed E-state index contributed by atoms with van der Waals surface area (Å²) < 4.78 is 0. The van der Waals surface area contributed by atoms with Gasteiger partial charge in [-0.05, 0) is 48.8 Å². The molecule has 0 bridgehead atoms. The zero-order chi connectivity index (χ0) is 21.6. The van der Waals surface area contributed by atoms with Crippen molar-refractivity contribution in [1.82, 2.24) is 4.90 Å². The van der Waals surface area contributed by atoms with E-state index in [9.17, 15) is 10.2 Å². The van der Waals surface area contributed by atoms with Gasteiger partial charge in [-0.1, -0.05) is 97.4 Å². The number of benzene rings is 3. The number of likely N-dealkylation sites (tertiary alicyclic amines) is 1. The van der Waals surface area contributed by atoms with E-state index in [-0.39, 0.29) is 0 Å². The van der Waals surface area contributed by atoms with Gasteiger partial charge < -0.3 is 10.2 Å². The van der Waals surface area contributed by atoms with E-state index in [1.807, 2.05) is 91.0 Å². The Morgan fingerprint density at radius 2 is 1.03 bits per heavy atom. The van der Waals surface area contributed by atoms with E-state index < -0.39 is 11.3 Å². The fourth-order valence-corrected chi connectivity index (χ4v) is 4.93. The maximum atomic E-state index is 11.9. The van der Waals surface area contributed by atoms with Crippen molar-refractivity contribution in [2.75, 3.05) is 13.1 Å². The maximum absolute atomic E-state index is 11.9. The van der Waals surface area contributed by atoms with Gasteiger partial charge in [0.2, 0.25) is 0 Å². The molecule has 0 radical (unpaired) electrons. The van der Waals surface area contributed by atoms with Gasteiger partial charge in [0, 0.05) is 13.1 Å². The van der Waals surface area contributed by atoms with E-state index in [1.165, 1.54) is 6.42 Å². The van der Waals surface area contributed by atoms with Gasteiger partial charge in [0.05, 0.1) is 0 Å². The Bertz CT molecular complexity index is 884. The fraction of sp³-hybridized carbons (Fsp3) is 0.357. The number of rotatable bonds is 8. The lowest BCUT2D eigenvalue weighted by Gasteiger charge is -2.43. The van der Waals surface area contributed by atoms with Crippen molar-refractivity contribution in [2.24, 2.45) is 0 Å². The van der Waals surface area contributed by atoms with Crippen molar-refractivity contribution in [1.29, 1.82) is 0 Å². The summed E-state index contributed by atoms with van der Waals surface area (Å²) in [5, 5.41) is 23.7. The third-order valence-corrected chi connectivity index (χ3v) is 6.68. The van der Waals surface area contributed by atoms with Crippen molar-refractivity contribution >= 4 is 0 Å². The molecular formula is C28H33NO2. The molecular weight excluding hydrogens is 382 g/mol. The third-order valence-electron chi connectivity index (χ3n) is 6.68. The van der Waals surface area contributed by atoms with Crippen molar-refractivity contribution < 1.29 is 10.2 Å². The predicted molar refractivity (Wildman–Crippen MR) is 125 cm³/mol. The molecule has 1 aliphatic heterocycles. The largest absolute Gasteiger partial charge is 0.380 e. The number of piperidine rings is 1. The molecule has 2 N–H and O–H groups in total. The Morgan fingerprint density at radius 3 is 1.52 bits per heavy atom. The summed E-state index contributed by atoms with van der Waals surface area (Å²) in [6.07, 6.45) is 5.29. The summed E-state index contributed by atoms with van der Waals surface area (Å²) in [5.41, 5.74) is 0.641. The molecule has 0 amide bonds. The number of hydrogen-bond acceptors (Lipinski definition) is 3. The van der Waals surface area contributed by atoms with E-state index in [1.54, 1.807) is 0 Å². The normalized spacial score (nSPS) is 17.2. The van der Waals surface area contributed by atoms with E-state index >= 15 is 0 Å². The molecule has 0 aromatic heterocycles. The summed E-state index contributed by atoms with van der Waals surface area (Å²) in [6, 6.07) is 29.8. The molecule has 1 atom stereocenters. The fourth-order valence-electron chi connectivity index (χ4n) is 4.93. The van der Waals surface area contributed by atoms with Gasteiger partial charge in [0.15, 0.2) is 0 Å². The van der Waals surface area contributed by atoms with Gasteiger partial charge in [-0.25, -0.2) is 0 Å². The average Bonchev–Trinajstić information content (AvgIpc) is 2.86. The van der Waals surface area contributed by atoms with E-state index in [4.69, 9.17) is 0 Å². The van der Waals surface area contributed by atoms with E-state index in [2.05, 4.69) is 4.90 Å². The lowest BCUT2D eigenvalue weighted by atomic mass is 9.81. The summed E-state index contributed by atoms with van der Waals surface area (Å²) in [4.78, 5) is 2.23.